The number of amides is 2. The van der Waals surface area contributed by atoms with Crippen LogP contribution < -0.4 is 14.4 Å². The van der Waals surface area contributed by atoms with Crippen molar-refractivity contribution in [3.8, 4) is 5.75 Å². The fraction of sp³-hybridized carbons (Fsp3) is 0.297. The number of unbranched alkanes of at least 4 members (excludes halogenated alkanes) is 1. The van der Waals surface area contributed by atoms with Crippen molar-refractivity contribution in [2.24, 2.45) is 0 Å². The second kappa shape index (κ2) is 16.1. The Morgan fingerprint density at radius 1 is 0.848 bits per heavy atom. The second-order valence-electron chi connectivity index (χ2n) is 11.3. The highest BCUT2D eigenvalue weighted by Gasteiger charge is 2.35. The molecule has 0 unspecified atom stereocenters. The number of nitrogens with zero attached hydrogens (tertiary/aromatic N) is 2. The molecule has 0 fully saturated rings. The van der Waals surface area contributed by atoms with E-state index in [4.69, 9.17) is 4.74 Å². The van der Waals surface area contributed by atoms with Crippen molar-refractivity contribution in [3.63, 3.8) is 0 Å². The summed E-state index contributed by atoms with van der Waals surface area (Å²) in [5, 5.41) is 3.01. The minimum Gasteiger partial charge on any atom is -0.497 e. The Kier molecular flexibility index (Phi) is 12.0. The molecule has 0 aliphatic carbocycles. The number of carbonyl (C=O) groups excluding carboxylic acids is 2. The molecule has 0 heterocycles. The predicted molar refractivity (Wildman–Crippen MR) is 182 cm³/mol. The van der Waals surface area contributed by atoms with Gasteiger partial charge in [-0.3, -0.25) is 13.9 Å². The van der Waals surface area contributed by atoms with E-state index < -0.39 is 28.5 Å². The summed E-state index contributed by atoms with van der Waals surface area (Å²) >= 11 is 0. The van der Waals surface area contributed by atoms with Crippen LogP contribution in [0.2, 0.25) is 0 Å². The number of carbonyl (C=O) groups is 2. The summed E-state index contributed by atoms with van der Waals surface area (Å²) < 4.78 is 35.0. The number of methoxy groups -OCH3 is 1. The fourth-order valence-electron chi connectivity index (χ4n) is 5.35. The Hall–Kier alpha value is -4.63. The molecule has 242 valence electrons. The maximum Gasteiger partial charge on any atom is 0.264 e. The Morgan fingerprint density at radius 3 is 2.17 bits per heavy atom. The highest BCUT2D eigenvalue weighted by molar-refractivity contribution is 7.92. The van der Waals surface area contributed by atoms with Crippen LogP contribution in [0, 0.1) is 13.8 Å². The minimum atomic E-state index is -4.16. The number of nitrogens with one attached hydrogen (secondary N) is 1. The standard InChI is InChI=1S/C37H43N3O5S/c1-5-6-22-38-37(42)35(25-30-14-9-7-10-15-30)39(26-31-16-13-17-32(24-31)45-4)36(41)27-40(34-21-20-28(2)23-29(34)3)46(43,44)33-18-11-8-12-19-33/h7-21,23-24,35H,5-6,22,25-27H2,1-4H3,(H,38,42)/t35-/m1/s1. The minimum absolute atomic E-state index is 0.0697. The number of hydrogen-bond donors (Lipinski definition) is 1. The van der Waals surface area contributed by atoms with E-state index in [-0.39, 0.29) is 23.8 Å². The van der Waals surface area contributed by atoms with Crippen molar-refractivity contribution in [1.29, 1.82) is 0 Å². The van der Waals surface area contributed by atoms with Gasteiger partial charge in [0.1, 0.15) is 18.3 Å². The molecular formula is C37H43N3O5S. The third-order valence-electron chi connectivity index (χ3n) is 7.82. The molecule has 4 aromatic carbocycles. The van der Waals surface area contributed by atoms with Gasteiger partial charge in [0.05, 0.1) is 17.7 Å². The summed E-state index contributed by atoms with van der Waals surface area (Å²) in [6, 6.07) is 29.5. The van der Waals surface area contributed by atoms with E-state index in [0.29, 0.717) is 23.5 Å². The maximum atomic E-state index is 14.6. The van der Waals surface area contributed by atoms with Gasteiger partial charge in [0.25, 0.3) is 10.0 Å². The SMILES string of the molecule is CCCCNC(=O)[C@@H](Cc1ccccc1)N(Cc1cccc(OC)c1)C(=O)CN(c1ccc(C)cc1C)S(=O)(=O)c1ccccc1. The molecule has 2 amide bonds. The molecule has 9 heteroatoms. The van der Waals surface area contributed by atoms with Crippen molar-refractivity contribution >= 4 is 27.5 Å². The van der Waals surface area contributed by atoms with Gasteiger partial charge in [0.2, 0.25) is 11.8 Å². The van der Waals surface area contributed by atoms with Crippen LogP contribution in [0.3, 0.4) is 0 Å². The summed E-state index contributed by atoms with van der Waals surface area (Å²) in [6.45, 7) is 5.84. The Morgan fingerprint density at radius 2 is 1.52 bits per heavy atom. The lowest BCUT2D eigenvalue weighted by Gasteiger charge is -2.34. The number of hydrogen-bond acceptors (Lipinski definition) is 5. The van der Waals surface area contributed by atoms with Crippen molar-refractivity contribution in [1.82, 2.24) is 10.2 Å². The largest absolute Gasteiger partial charge is 0.497 e. The molecule has 0 spiro atoms. The van der Waals surface area contributed by atoms with Crippen molar-refractivity contribution in [2.75, 3.05) is 24.5 Å². The van der Waals surface area contributed by atoms with Gasteiger partial charge in [0.15, 0.2) is 0 Å². The third-order valence-corrected chi connectivity index (χ3v) is 9.59. The van der Waals surface area contributed by atoms with Crippen molar-refractivity contribution in [3.05, 3.63) is 125 Å². The third kappa shape index (κ3) is 8.75. The topological polar surface area (TPSA) is 96.0 Å². The second-order valence-corrected chi connectivity index (χ2v) is 13.2. The van der Waals surface area contributed by atoms with Crippen molar-refractivity contribution < 1.29 is 22.7 Å². The van der Waals surface area contributed by atoms with Crippen LogP contribution in [-0.4, -0.2) is 51.4 Å². The summed E-state index contributed by atoms with van der Waals surface area (Å²) in [6.07, 6.45) is 1.95. The molecule has 0 saturated heterocycles. The summed E-state index contributed by atoms with van der Waals surface area (Å²) in [7, 11) is -2.59. The lowest BCUT2D eigenvalue weighted by Crippen LogP contribution is -2.53. The van der Waals surface area contributed by atoms with E-state index in [1.807, 2.05) is 87.5 Å². The lowest BCUT2D eigenvalue weighted by atomic mass is 10.0. The van der Waals surface area contributed by atoms with Gasteiger partial charge in [-0.15, -0.1) is 0 Å². The number of ether oxygens (including phenoxy) is 1. The summed E-state index contributed by atoms with van der Waals surface area (Å²) in [5.41, 5.74) is 3.71. The van der Waals surface area contributed by atoms with Gasteiger partial charge in [-0.05, 0) is 67.3 Å². The van der Waals surface area contributed by atoms with Crippen LogP contribution in [0.1, 0.15) is 42.0 Å². The zero-order valence-electron chi connectivity index (χ0n) is 27.0. The Labute approximate surface area is 273 Å². The van der Waals surface area contributed by atoms with E-state index in [1.54, 1.807) is 31.4 Å². The average molecular weight is 642 g/mol. The monoisotopic (exact) mass is 641 g/mol. The summed E-state index contributed by atoms with van der Waals surface area (Å²) in [5.74, 6) is -0.188. The molecule has 4 aromatic rings. The first-order chi connectivity index (χ1) is 22.1. The van der Waals surface area contributed by atoms with E-state index in [2.05, 4.69) is 5.32 Å². The van der Waals surface area contributed by atoms with Crippen LogP contribution in [0.25, 0.3) is 0 Å². The molecule has 46 heavy (non-hydrogen) atoms. The van der Waals surface area contributed by atoms with E-state index in [9.17, 15) is 18.0 Å². The molecule has 0 saturated carbocycles. The molecule has 0 aliphatic heterocycles. The van der Waals surface area contributed by atoms with E-state index >= 15 is 0 Å². The summed E-state index contributed by atoms with van der Waals surface area (Å²) in [4.78, 5) is 30.1. The van der Waals surface area contributed by atoms with E-state index in [1.165, 1.54) is 17.0 Å². The molecule has 1 N–H and O–H groups in total. The highest BCUT2D eigenvalue weighted by atomic mass is 32.2. The van der Waals surface area contributed by atoms with Gasteiger partial charge >= 0.3 is 0 Å². The lowest BCUT2D eigenvalue weighted by molar-refractivity contribution is -0.140. The van der Waals surface area contributed by atoms with E-state index in [0.717, 1.165) is 33.8 Å². The van der Waals surface area contributed by atoms with Crippen LogP contribution in [0.15, 0.2) is 108 Å². The van der Waals surface area contributed by atoms with Gasteiger partial charge in [0, 0.05) is 19.5 Å². The number of anilines is 1. The zero-order valence-corrected chi connectivity index (χ0v) is 27.8. The quantitative estimate of drug-likeness (QED) is 0.159. The predicted octanol–water partition coefficient (Wildman–Crippen LogP) is 6.06. The van der Waals surface area contributed by atoms with Gasteiger partial charge in [-0.2, -0.15) is 0 Å². The molecule has 1 atom stereocenters. The van der Waals surface area contributed by atoms with Crippen LogP contribution in [-0.2, 0) is 32.6 Å². The van der Waals surface area contributed by atoms with Crippen molar-refractivity contribution in [2.45, 2.75) is 57.5 Å². The maximum absolute atomic E-state index is 14.6. The zero-order chi connectivity index (χ0) is 33.1. The molecule has 4 rings (SSSR count). The first-order valence-electron chi connectivity index (χ1n) is 15.5. The van der Waals surface area contributed by atoms with Gasteiger partial charge in [-0.25, -0.2) is 8.42 Å². The normalized spacial score (nSPS) is 11.8. The molecule has 0 radical (unpaired) electrons. The highest BCUT2D eigenvalue weighted by Crippen LogP contribution is 2.28. The number of rotatable bonds is 15. The van der Waals surface area contributed by atoms with Crippen LogP contribution in [0.4, 0.5) is 5.69 Å². The van der Waals surface area contributed by atoms with Crippen LogP contribution in [0.5, 0.6) is 5.75 Å². The number of sulfonamides is 1. The Balaban J connectivity index is 1.81. The first-order valence-corrected chi connectivity index (χ1v) is 17.0. The molecule has 8 nitrogen and oxygen atoms in total. The van der Waals surface area contributed by atoms with Gasteiger partial charge in [-0.1, -0.05) is 91.7 Å². The van der Waals surface area contributed by atoms with Crippen LogP contribution >= 0.6 is 0 Å². The van der Waals surface area contributed by atoms with Gasteiger partial charge < -0.3 is 15.0 Å². The molecule has 0 bridgehead atoms. The molecular weight excluding hydrogens is 598 g/mol. The molecule has 0 aliphatic rings. The number of aryl methyl sites for hydroxylation is 2. The smallest absolute Gasteiger partial charge is 0.264 e. The number of benzene rings is 4. The average Bonchev–Trinajstić information content (AvgIpc) is 3.06. The molecule has 0 aromatic heterocycles. The Bertz CT molecular complexity index is 1710. The first kappa shape index (κ1) is 34.2. The fourth-order valence-corrected chi connectivity index (χ4v) is 6.85.